The van der Waals surface area contributed by atoms with Gasteiger partial charge in [0, 0.05) is 16.5 Å². The van der Waals surface area contributed by atoms with Crippen molar-refractivity contribution < 1.29 is 14.6 Å². The van der Waals surface area contributed by atoms with E-state index in [4.69, 9.17) is 9.84 Å². The number of anilines is 1. The highest BCUT2D eigenvalue weighted by Gasteiger charge is 2.07. The third-order valence-corrected chi connectivity index (χ3v) is 4.17. The van der Waals surface area contributed by atoms with Gasteiger partial charge in [-0.2, -0.15) is 5.10 Å². The average molecular weight is 353 g/mol. The highest BCUT2D eigenvalue weighted by Crippen LogP contribution is 2.27. The fourth-order valence-electron chi connectivity index (χ4n) is 2.20. The Hall–Kier alpha value is -3.19. The minimum Gasteiger partial charge on any atom is -0.497 e. The lowest BCUT2D eigenvalue weighted by Gasteiger charge is -2.01. The Balaban J connectivity index is 1.73. The summed E-state index contributed by atoms with van der Waals surface area (Å²) in [5.74, 6) is -0.222. The van der Waals surface area contributed by atoms with Crippen LogP contribution in [0.1, 0.15) is 15.9 Å². The molecule has 0 amide bonds. The Morgan fingerprint density at radius 3 is 2.92 bits per heavy atom. The number of aromatic carboxylic acids is 1. The smallest absolute Gasteiger partial charge is 0.336 e. The molecule has 0 aliphatic rings. The van der Waals surface area contributed by atoms with E-state index in [0.717, 1.165) is 17.0 Å². The van der Waals surface area contributed by atoms with Crippen molar-refractivity contribution in [3.8, 4) is 17.0 Å². The van der Waals surface area contributed by atoms with E-state index in [1.807, 2.05) is 29.6 Å². The number of carbonyl (C=O) groups is 1. The minimum atomic E-state index is -0.989. The van der Waals surface area contributed by atoms with Gasteiger partial charge in [0.05, 0.1) is 24.6 Å². The molecule has 0 saturated heterocycles. The van der Waals surface area contributed by atoms with Crippen molar-refractivity contribution in [3.05, 3.63) is 65.0 Å². The summed E-state index contributed by atoms with van der Waals surface area (Å²) >= 11 is 1.41. The number of thiazole rings is 1. The Kier molecular flexibility index (Phi) is 5.06. The normalized spacial score (nSPS) is 10.8. The van der Waals surface area contributed by atoms with Crippen molar-refractivity contribution in [2.75, 3.05) is 12.5 Å². The number of aromatic nitrogens is 1. The number of nitrogens with zero attached hydrogens (tertiary/aromatic N) is 2. The maximum Gasteiger partial charge on any atom is 0.336 e. The minimum absolute atomic E-state index is 0.198. The lowest BCUT2D eigenvalue weighted by atomic mass is 10.1. The second-order valence-corrected chi connectivity index (χ2v) is 5.89. The van der Waals surface area contributed by atoms with Gasteiger partial charge in [-0.25, -0.2) is 9.78 Å². The Morgan fingerprint density at radius 1 is 1.28 bits per heavy atom. The summed E-state index contributed by atoms with van der Waals surface area (Å²) in [7, 11) is 1.62. The lowest BCUT2D eigenvalue weighted by Crippen LogP contribution is -2.02. The molecule has 0 aliphatic carbocycles. The van der Waals surface area contributed by atoms with E-state index in [9.17, 15) is 4.79 Å². The number of methoxy groups -OCH3 is 1. The summed E-state index contributed by atoms with van der Waals surface area (Å²) in [6, 6.07) is 14.3. The summed E-state index contributed by atoms with van der Waals surface area (Å²) in [6.45, 7) is 0. The van der Waals surface area contributed by atoms with Crippen LogP contribution in [-0.4, -0.2) is 29.4 Å². The molecule has 6 nitrogen and oxygen atoms in total. The summed E-state index contributed by atoms with van der Waals surface area (Å²) in [5, 5.41) is 15.8. The zero-order chi connectivity index (χ0) is 17.6. The molecule has 0 radical (unpaired) electrons. The lowest BCUT2D eigenvalue weighted by molar-refractivity contribution is 0.0697. The van der Waals surface area contributed by atoms with E-state index in [2.05, 4.69) is 15.5 Å². The van der Waals surface area contributed by atoms with Crippen molar-refractivity contribution in [1.82, 2.24) is 4.98 Å². The number of hydrogen-bond donors (Lipinski definition) is 2. The second-order valence-electron chi connectivity index (χ2n) is 5.03. The van der Waals surface area contributed by atoms with E-state index >= 15 is 0 Å². The third-order valence-electron chi connectivity index (χ3n) is 3.42. The molecular weight excluding hydrogens is 338 g/mol. The topological polar surface area (TPSA) is 83.8 Å². The molecule has 1 aromatic heterocycles. The second kappa shape index (κ2) is 7.59. The molecule has 0 aliphatic heterocycles. The molecular formula is C18H15N3O3S. The van der Waals surface area contributed by atoms with Crippen molar-refractivity contribution in [2.24, 2.45) is 5.10 Å². The third kappa shape index (κ3) is 4.02. The van der Waals surface area contributed by atoms with Crippen molar-refractivity contribution >= 4 is 28.7 Å². The molecule has 0 unspecified atom stereocenters. The van der Waals surface area contributed by atoms with Gasteiger partial charge in [0.25, 0.3) is 0 Å². The number of hydrazone groups is 1. The van der Waals surface area contributed by atoms with Crippen LogP contribution in [-0.2, 0) is 0 Å². The summed E-state index contributed by atoms with van der Waals surface area (Å²) in [5.41, 5.74) is 5.31. The standard InChI is InChI=1S/C18H15N3O3S/c1-24-14-7-4-6-12(9-14)16-11-25-18(20-16)21-19-10-13-5-2-3-8-15(13)17(22)23/h2-11H,1H3,(H,20,21)(H,22,23)/b19-10-. The van der Waals surface area contributed by atoms with E-state index < -0.39 is 5.97 Å². The average Bonchev–Trinajstić information content (AvgIpc) is 3.11. The number of ether oxygens (including phenoxy) is 1. The fraction of sp³-hybridized carbons (Fsp3) is 0.0556. The molecule has 3 aromatic rings. The first-order chi connectivity index (χ1) is 12.2. The van der Waals surface area contributed by atoms with Crippen molar-refractivity contribution in [2.45, 2.75) is 0 Å². The van der Waals surface area contributed by atoms with Gasteiger partial charge in [0.2, 0.25) is 5.13 Å². The maximum absolute atomic E-state index is 11.2. The SMILES string of the molecule is COc1cccc(-c2csc(N/N=C\c3ccccc3C(=O)O)n2)c1. The van der Waals surface area contributed by atoms with Gasteiger partial charge >= 0.3 is 5.97 Å². The van der Waals surface area contributed by atoms with Crippen LogP contribution in [0.5, 0.6) is 5.75 Å². The monoisotopic (exact) mass is 353 g/mol. The van der Waals surface area contributed by atoms with Crippen LogP contribution in [0, 0.1) is 0 Å². The van der Waals surface area contributed by atoms with E-state index in [1.165, 1.54) is 23.6 Å². The van der Waals surface area contributed by atoms with Gasteiger partial charge in [0.15, 0.2) is 0 Å². The highest BCUT2D eigenvalue weighted by molar-refractivity contribution is 7.14. The number of carboxylic acid groups (broad SMARTS) is 1. The fourth-order valence-corrected chi connectivity index (χ4v) is 2.87. The van der Waals surface area contributed by atoms with Crippen LogP contribution in [0.3, 0.4) is 0 Å². The molecule has 7 heteroatoms. The number of hydrogen-bond acceptors (Lipinski definition) is 6. The molecule has 1 heterocycles. The zero-order valence-corrected chi connectivity index (χ0v) is 14.2. The Labute approximate surface area is 148 Å². The van der Waals surface area contributed by atoms with Crippen LogP contribution in [0.4, 0.5) is 5.13 Å². The maximum atomic E-state index is 11.2. The molecule has 0 bridgehead atoms. The first-order valence-electron chi connectivity index (χ1n) is 7.39. The Bertz CT molecular complexity index is 921. The van der Waals surface area contributed by atoms with Gasteiger partial charge in [-0.05, 0) is 18.2 Å². The zero-order valence-electron chi connectivity index (χ0n) is 13.3. The molecule has 0 spiro atoms. The molecule has 126 valence electrons. The Morgan fingerprint density at radius 2 is 2.12 bits per heavy atom. The van der Waals surface area contributed by atoms with Crippen molar-refractivity contribution in [3.63, 3.8) is 0 Å². The first kappa shape index (κ1) is 16.7. The van der Waals surface area contributed by atoms with Gasteiger partial charge in [0.1, 0.15) is 5.75 Å². The highest BCUT2D eigenvalue weighted by atomic mass is 32.1. The molecule has 25 heavy (non-hydrogen) atoms. The summed E-state index contributed by atoms with van der Waals surface area (Å²) in [4.78, 5) is 15.6. The summed E-state index contributed by atoms with van der Waals surface area (Å²) < 4.78 is 5.22. The van der Waals surface area contributed by atoms with E-state index in [0.29, 0.717) is 10.7 Å². The molecule has 0 atom stereocenters. The van der Waals surface area contributed by atoms with Crippen LogP contribution in [0.15, 0.2) is 59.0 Å². The van der Waals surface area contributed by atoms with Gasteiger partial charge in [-0.3, -0.25) is 5.43 Å². The van der Waals surface area contributed by atoms with Crippen LogP contribution in [0.25, 0.3) is 11.3 Å². The van der Waals surface area contributed by atoms with E-state index in [1.54, 1.807) is 25.3 Å². The molecule has 2 N–H and O–H groups in total. The quantitative estimate of drug-likeness (QED) is 0.517. The van der Waals surface area contributed by atoms with Gasteiger partial charge in [-0.15, -0.1) is 11.3 Å². The van der Waals surface area contributed by atoms with E-state index in [-0.39, 0.29) is 5.56 Å². The number of nitrogens with one attached hydrogen (secondary N) is 1. The predicted octanol–water partition coefficient (Wildman–Crippen LogP) is 3.96. The van der Waals surface area contributed by atoms with Gasteiger partial charge in [-0.1, -0.05) is 30.3 Å². The predicted molar refractivity (Wildman–Crippen MR) is 98.7 cm³/mol. The first-order valence-corrected chi connectivity index (χ1v) is 8.26. The molecule has 3 rings (SSSR count). The van der Waals surface area contributed by atoms with Crippen molar-refractivity contribution in [1.29, 1.82) is 0 Å². The molecule has 0 saturated carbocycles. The van der Waals surface area contributed by atoms with Crippen LogP contribution >= 0.6 is 11.3 Å². The molecule has 0 fully saturated rings. The summed E-state index contributed by atoms with van der Waals surface area (Å²) in [6.07, 6.45) is 1.47. The van der Waals surface area contributed by atoms with Crippen LogP contribution < -0.4 is 10.2 Å². The van der Waals surface area contributed by atoms with Crippen LogP contribution in [0.2, 0.25) is 0 Å². The number of rotatable bonds is 6. The molecule has 2 aromatic carbocycles. The number of carboxylic acids is 1. The largest absolute Gasteiger partial charge is 0.497 e. The number of benzene rings is 2. The van der Waals surface area contributed by atoms with Gasteiger partial charge < -0.3 is 9.84 Å².